The number of aromatic amines is 4. The molecule has 5 rings (SSSR count). The number of nitrogens with zero attached hydrogens (tertiary/aromatic N) is 1. The smallest absolute Gasteiger partial charge is 0.0967 e. The van der Waals surface area contributed by atoms with Crippen LogP contribution >= 0.6 is 23.2 Å². The second-order valence-corrected chi connectivity index (χ2v) is 15.2. The van der Waals surface area contributed by atoms with Gasteiger partial charge in [0.25, 0.3) is 0 Å². The molecule has 0 saturated heterocycles. The molecule has 0 aromatic carbocycles. The van der Waals surface area contributed by atoms with Crippen molar-refractivity contribution in [1.29, 1.82) is 0 Å². The maximum Gasteiger partial charge on any atom is 0.0967 e. The van der Waals surface area contributed by atoms with Crippen LogP contribution in [0.3, 0.4) is 0 Å². The number of hydrogen-bond acceptors (Lipinski definition) is 0. The third-order valence-electron chi connectivity index (χ3n) is 10.8. The summed E-state index contributed by atoms with van der Waals surface area (Å²) in [7, 11) is 0. The Morgan fingerprint density at radius 2 is 0.556 bits per heavy atom. The maximum atomic E-state index is 4.76. The van der Waals surface area contributed by atoms with Gasteiger partial charge in [-0.15, -0.1) is 23.2 Å². The highest BCUT2D eigenvalue weighted by atomic mass is 35.5. The number of alkyl halides is 2. The van der Waals surface area contributed by atoms with Gasteiger partial charge in [0.2, 0.25) is 0 Å². The molecule has 5 heterocycles. The van der Waals surface area contributed by atoms with Gasteiger partial charge in [-0.05, 0) is 132 Å². The van der Waals surface area contributed by atoms with Crippen molar-refractivity contribution in [2.45, 2.75) is 105 Å². The van der Waals surface area contributed by atoms with Crippen LogP contribution in [0.5, 0.6) is 0 Å². The highest BCUT2D eigenvalue weighted by Crippen LogP contribution is 2.40. The molecule has 8 heteroatoms. The molecule has 0 spiro atoms. The van der Waals surface area contributed by atoms with Crippen molar-refractivity contribution in [2.24, 2.45) is 0 Å². The minimum atomic E-state index is -0.163. The van der Waals surface area contributed by atoms with E-state index < -0.39 is 0 Å². The average Bonchev–Trinajstić information content (AvgIpc) is 3.81. The zero-order valence-corrected chi connectivity index (χ0v) is 32.0. The summed E-state index contributed by atoms with van der Waals surface area (Å²) in [5.41, 5.74) is 9.07. The quantitative estimate of drug-likeness (QED) is 0.134. The monoisotopic (exact) mass is 677 g/mol. The van der Waals surface area contributed by atoms with Crippen molar-refractivity contribution in [3.05, 3.63) is 94.1 Å². The SMILES string of the molecule is CC1(C)c2ccc([nH]2)C(C)(C)c2ccc([nH]2)C(C)(C)c2ccc([nH]2)C(C)(C)c2ccc1[nH]2.CC[N+](CC)(CC)CC.ClCCl.[Cl-]. The van der Waals surface area contributed by atoms with E-state index in [0.717, 1.165) is 0 Å². The zero-order chi connectivity index (χ0) is 33.1. The van der Waals surface area contributed by atoms with Crippen LogP contribution in [0.1, 0.15) is 129 Å². The number of fused-ring (bicyclic) bond motifs is 8. The first-order valence-corrected chi connectivity index (χ1v) is 17.3. The number of quaternary nitrogens is 1. The van der Waals surface area contributed by atoms with E-state index in [1.165, 1.54) is 76.2 Å². The summed E-state index contributed by atoms with van der Waals surface area (Å²) in [6, 6.07) is 17.9. The summed E-state index contributed by atoms with van der Waals surface area (Å²) < 4.78 is 1.28. The molecule has 45 heavy (non-hydrogen) atoms. The topological polar surface area (TPSA) is 63.2 Å². The molecule has 0 unspecified atom stereocenters. The van der Waals surface area contributed by atoms with Gasteiger partial charge in [-0.1, -0.05) is 0 Å². The van der Waals surface area contributed by atoms with Gasteiger partial charge in [0, 0.05) is 67.2 Å². The van der Waals surface area contributed by atoms with Crippen LogP contribution in [0.4, 0.5) is 0 Å². The predicted molar refractivity (Wildman–Crippen MR) is 191 cm³/mol. The van der Waals surface area contributed by atoms with Gasteiger partial charge in [-0.25, -0.2) is 0 Å². The average molecular weight is 679 g/mol. The fourth-order valence-electron chi connectivity index (χ4n) is 6.42. The molecule has 4 aromatic heterocycles. The first-order valence-electron chi connectivity index (χ1n) is 16.3. The van der Waals surface area contributed by atoms with E-state index >= 15 is 0 Å². The van der Waals surface area contributed by atoms with Gasteiger partial charge in [0.15, 0.2) is 0 Å². The molecule has 4 aromatic rings. The van der Waals surface area contributed by atoms with Crippen LogP contribution in [-0.4, -0.2) is 55.9 Å². The Morgan fingerprint density at radius 3 is 0.644 bits per heavy atom. The molecule has 0 saturated carbocycles. The van der Waals surface area contributed by atoms with Crippen molar-refractivity contribution in [1.82, 2.24) is 19.9 Å². The van der Waals surface area contributed by atoms with Crippen molar-refractivity contribution in [3.8, 4) is 0 Å². The van der Waals surface area contributed by atoms with Crippen LogP contribution in [0, 0.1) is 0 Å². The van der Waals surface area contributed by atoms with Crippen LogP contribution in [0.2, 0.25) is 0 Å². The Bertz CT molecular complexity index is 1180. The lowest BCUT2D eigenvalue weighted by Gasteiger charge is -2.34. The predicted octanol–water partition coefficient (Wildman–Crippen LogP) is 6.92. The molecule has 0 aliphatic carbocycles. The van der Waals surface area contributed by atoms with Gasteiger partial charge in [0.1, 0.15) is 0 Å². The number of rotatable bonds is 4. The third kappa shape index (κ3) is 7.59. The van der Waals surface area contributed by atoms with E-state index in [1.807, 2.05) is 0 Å². The van der Waals surface area contributed by atoms with E-state index in [0.29, 0.717) is 0 Å². The van der Waals surface area contributed by atoms with Crippen LogP contribution in [0.15, 0.2) is 48.5 Å². The summed E-state index contributed by atoms with van der Waals surface area (Å²) >= 11 is 9.53. The Morgan fingerprint density at radius 1 is 0.422 bits per heavy atom. The number of nitrogens with one attached hydrogen (secondary N) is 4. The Kier molecular flexibility index (Phi) is 12.9. The van der Waals surface area contributed by atoms with Gasteiger partial charge >= 0.3 is 0 Å². The molecular weight excluding hydrogens is 621 g/mol. The minimum Gasteiger partial charge on any atom is -1.00 e. The highest BCUT2D eigenvalue weighted by molar-refractivity contribution is 6.40. The first kappa shape index (κ1) is 39.1. The van der Waals surface area contributed by atoms with Crippen LogP contribution in [-0.2, 0) is 21.7 Å². The number of H-pyrrole nitrogens is 4. The maximum absolute atomic E-state index is 4.76. The van der Waals surface area contributed by atoms with E-state index in [2.05, 4.69) is 152 Å². The Labute approximate surface area is 289 Å². The van der Waals surface area contributed by atoms with E-state index in [1.54, 1.807) is 0 Å². The van der Waals surface area contributed by atoms with Crippen molar-refractivity contribution in [3.63, 3.8) is 0 Å². The number of halogens is 3. The molecular formula is C37H58Cl3N5. The lowest BCUT2D eigenvalue weighted by Crippen LogP contribution is -3.00. The second-order valence-electron chi connectivity index (χ2n) is 14.4. The summed E-state index contributed by atoms with van der Waals surface area (Å²) in [5, 5.41) is 0.194. The normalized spacial score (nSPS) is 17.2. The Hall–Kier alpha value is -2.05. The van der Waals surface area contributed by atoms with E-state index in [9.17, 15) is 0 Å². The van der Waals surface area contributed by atoms with E-state index in [4.69, 9.17) is 23.2 Å². The molecule has 8 bridgehead atoms. The fourth-order valence-corrected chi connectivity index (χ4v) is 6.42. The number of aromatic nitrogens is 4. The first-order chi connectivity index (χ1) is 20.5. The molecule has 1 aliphatic heterocycles. The van der Waals surface area contributed by atoms with Crippen molar-refractivity contribution >= 4 is 23.2 Å². The molecule has 252 valence electrons. The zero-order valence-electron chi connectivity index (χ0n) is 29.7. The lowest BCUT2D eigenvalue weighted by atomic mass is 9.85. The summed E-state index contributed by atoms with van der Waals surface area (Å²) in [6.07, 6.45) is 0. The standard InChI is InChI=1S/C28H36N4.C8H20N.CH2Cl2.ClH/c1-25(2)17-9-11-19(29-17)26(3,4)21-13-15-23(31-21)28(7,8)24-16-14-22(32-24)27(5,6)20-12-10-18(25)30-20;1-5-9(6-2,7-3)8-4;2-1-3;/h9-16,29-32H,1-8H3;5-8H2,1-4H3;1H2;1H/q;+1;;/p-1. The molecule has 1 aliphatic rings. The summed E-state index contributed by atoms with van der Waals surface area (Å²) in [4.78, 5) is 15.1. The second kappa shape index (κ2) is 14.8. The van der Waals surface area contributed by atoms with E-state index in [-0.39, 0.29) is 39.4 Å². The minimum absolute atomic E-state index is 0. The molecule has 5 nitrogen and oxygen atoms in total. The van der Waals surface area contributed by atoms with Crippen LogP contribution < -0.4 is 12.4 Å². The largest absolute Gasteiger partial charge is 1.00 e. The number of hydrogen-bond donors (Lipinski definition) is 4. The lowest BCUT2D eigenvalue weighted by molar-refractivity contribution is -0.921. The summed E-state index contributed by atoms with van der Waals surface area (Å²) in [5.74, 6) is 0. The van der Waals surface area contributed by atoms with Crippen LogP contribution in [0.25, 0.3) is 0 Å². The molecule has 0 atom stereocenters. The van der Waals surface area contributed by atoms with Crippen molar-refractivity contribution < 1.29 is 16.9 Å². The van der Waals surface area contributed by atoms with Gasteiger partial charge in [0.05, 0.1) is 31.5 Å². The van der Waals surface area contributed by atoms with Crippen molar-refractivity contribution in [2.75, 3.05) is 31.5 Å². The third-order valence-corrected chi connectivity index (χ3v) is 10.8. The fraction of sp³-hybridized carbons (Fsp3) is 0.568. The molecule has 0 fully saturated rings. The summed E-state index contributed by atoms with van der Waals surface area (Å²) in [6.45, 7) is 32.5. The molecule has 0 amide bonds. The van der Waals surface area contributed by atoms with Gasteiger partial charge in [-0.3, -0.25) is 0 Å². The molecule has 4 N–H and O–H groups in total. The Balaban J connectivity index is 0.000000466. The highest BCUT2D eigenvalue weighted by Gasteiger charge is 2.36. The van der Waals surface area contributed by atoms with Gasteiger partial charge < -0.3 is 36.8 Å². The van der Waals surface area contributed by atoms with Gasteiger partial charge in [-0.2, -0.15) is 0 Å². The molecule has 0 radical (unpaired) electrons.